The van der Waals surface area contributed by atoms with Crippen LogP contribution >= 0.6 is 0 Å². The molecule has 0 bridgehead atoms. The lowest BCUT2D eigenvalue weighted by Gasteiger charge is -2.16. The number of pyridine rings is 1. The number of aliphatic hydroxyl groups is 1. The predicted molar refractivity (Wildman–Crippen MR) is 93.6 cm³/mol. The minimum absolute atomic E-state index is 0.00444. The molecule has 3 rings (SSSR count). The molecule has 0 spiro atoms. The summed E-state index contributed by atoms with van der Waals surface area (Å²) in [7, 11) is 1.94. The summed E-state index contributed by atoms with van der Waals surface area (Å²) in [6.07, 6.45) is 3.44. The van der Waals surface area contributed by atoms with E-state index < -0.39 is 0 Å². The van der Waals surface area contributed by atoms with Gasteiger partial charge in [0.05, 0.1) is 19.3 Å². The van der Waals surface area contributed by atoms with Crippen LogP contribution in [0.15, 0.2) is 24.5 Å². The Bertz CT molecular complexity index is 846. The van der Waals surface area contributed by atoms with Crippen LogP contribution in [0.25, 0.3) is 11.0 Å². The van der Waals surface area contributed by atoms with Crippen molar-refractivity contribution >= 4 is 28.6 Å². The Morgan fingerprint density at radius 3 is 2.88 bits per heavy atom. The zero-order chi connectivity index (χ0) is 17.1. The third kappa shape index (κ3) is 3.13. The monoisotopic (exact) mass is 327 g/mol. The highest BCUT2D eigenvalue weighted by atomic mass is 16.3. The van der Waals surface area contributed by atoms with Crippen molar-refractivity contribution in [1.82, 2.24) is 24.7 Å². The molecule has 2 N–H and O–H groups in total. The van der Waals surface area contributed by atoms with Crippen molar-refractivity contribution in [1.29, 1.82) is 0 Å². The third-order valence-electron chi connectivity index (χ3n) is 3.77. The first-order valence-electron chi connectivity index (χ1n) is 7.87. The van der Waals surface area contributed by atoms with Crippen molar-refractivity contribution < 1.29 is 5.11 Å². The maximum absolute atomic E-state index is 9.25. The lowest BCUT2D eigenvalue weighted by atomic mass is 10.3. The molecule has 0 atom stereocenters. The number of aromatic nitrogens is 5. The number of hydrogen-bond donors (Lipinski definition) is 2. The van der Waals surface area contributed by atoms with Gasteiger partial charge in [-0.1, -0.05) is 0 Å². The van der Waals surface area contributed by atoms with Gasteiger partial charge in [0.25, 0.3) is 0 Å². The number of aryl methyl sites for hydroxylation is 1. The van der Waals surface area contributed by atoms with E-state index in [1.165, 1.54) is 0 Å². The molecule has 0 saturated heterocycles. The summed E-state index contributed by atoms with van der Waals surface area (Å²) < 4.78 is 1.70. The Morgan fingerprint density at radius 1 is 1.33 bits per heavy atom. The van der Waals surface area contributed by atoms with Gasteiger partial charge in [0.2, 0.25) is 5.95 Å². The van der Waals surface area contributed by atoms with Crippen LogP contribution in [0, 0.1) is 6.92 Å². The molecule has 0 radical (unpaired) electrons. The van der Waals surface area contributed by atoms with E-state index in [4.69, 9.17) is 0 Å². The topological polar surface area (TPSA) is 92.0 Å². The summed E-state index contributed by atoms with van der Waals surface area (Å²) in [6.45, 7) is 5.21. The van der Waals surface area contributed by atoms with Gasteiger partial charge >= 0.3 is 0 Å². The summed E-state index contributed by atoms with van der Waals surface area (Å²) in [5.41, 5.74) is 2.58. The molecule has 0 saturated carbocycles. The van der Waals surface area contributed by atoms with Gasteiger partial charge < -0.3 is 15.3 Å². The van der Waals surface area contributed by atoms with Crippen LogP contribution < -0.4 is 10.2 Å². The number of nitrogens with one attached hydrogen (secondary N) is 1. The standard InChI is InChI=1S/C16H21N7O/c1-4-22(3)16-19-12-10-18-23(7-8-24)14(12)15(21-16)20-13-9-11(2)5-6-17-13/h5-6,9-10,24H,4,7-8H2,1-3H3,(H,17,19,20,21). The smallest absolute Gasteiger partial charge is 0.227 e. The van der Waals surface area contributed by atoms with Gasteiger partial charge in [0.15, 0.2) is 5.82 Å². The van der Waals surface area contributed by atoms with Gasteiger partial charge in [-0.05, 0) is 31.5 Å². The molecule has 0 aliphatic heterocycles. The summed E-state index contributed by atoms with van der Waals surface area (Å²) in [5, 5.41) is 16.8. The predicted octanol–water partition coefficient (Wildman–Crippen LogP) is 1.72. The van der Waals surface area contributed by atoms with Gasteiger partial charge in [-0.3, -0.25) is 4.68 Å². The van der Waals surface area contributed by atoms with E-state index in [9.17, 15) is 5.11 Å². The second-order valence-corrected chi connectivity index (χ2v) is 5.55. The molecule has 0 fully saturated rings. The van der Waals surface area contributed by atoms with Crippen LogP contribution in [-0.2, 0) is 6.54 Å². The van der Waals surface area contributed by atoms with E-state index in [1.54, 1.807) is 17.1 Å². The van der Waals surface area contributed by atoms with Crippen molar-refractivity contribution in [3.05, 3.63) is 30.1 Å². The molecule has 3 heterocycles. The van der Waals surface area contributed by atoms with Crippen LogP contribution in [0.2, 0.25) is 0 Å². The molecule has 0 amide bonds. The molecular weight excluding hydrogens is 306 g/mol. The molecule has 0 aliphatic carbocycles. The number of aliphatic hydroxyl groups excluding tert-OH is 1. The first-order chi connectivity index (χ1) is 11.6. The Balaban J connectivity index is 2.12. The average molecular weight is 327 g/mol. The number of rotatable bonds is 6. The van der Waals surface area contributed by atoms with Gasteiger partial charge in [-0.2, -0.15) is 10.1 Å². The Labute approximate surface area is 140 Å². The van der Waals surface area contributed by atoms with Crippen molar-refractivity contribution in [2.24, 2.45) is 0 Å². The van der Waals surface area contributed by atoms with E-state index in [0.717, 1.165) is 23.1 Å². The molecule has 0 aromatic carbocycles. The van der Waals surface area contributed by atoms with Crippen molar-refractivity contribution in [2.75, 3.05) is 30.4 Å². The fraction of sp³-hybridized carbons (Fsp3) is 0.375. The molecule has 3 aromatic heterocycles. The highest BCUT2D eigenvalue weighted by Crippen LogP contribution is 2.25. The minimum Gasteiger partial charge on any atom is -0.394 e. The zero-order valence-corrected chi connectivity index (χ0v) is 14.1. The molecule has 126 valence electrons. The normalized spacial score (nSPS) is 11.0. The van der Waals surface area contributed by atoms with Gasteiger partial charge in [-0.15, -0.1) is 0 Å². The molecule has 8 nitrogen and oxygen atoms in total. The Morgan fingerprint density at radius 2 is 2.17 bits per heavy atom. The molecule has 3 aromatic rings. The van der Waals surface area contributed by atoms with Crippen molar-refractivity contribution in [3.63, 3.8) is 0 Å². The molecular formula is C16H21N7O. The third-order valence-corrected chi connectivity index (χ3v) is 3.77. The summed E-state index contributed by atoms with van der Waals surface area (Å²) in [4.78, 5) is 15.5. The molecule has 24 heavy (non-hydrogen) atoms. The fourth-order valence-electron chi connectivity index (χ4n) is 2.38. The van der Waals surface area contributed by atoms with Crippen molar-refractivity contribution in [3.8, 4) is 0 Å². The SMILES string of the molecule is CCN(C)c1nc(Nc2cc(C)ccn2)c2c(cnn2CCO)n1. The first-order valence-corrected chi connectivity index (χ1v) is 7.87. The van der Waals surface area contributed by atoms with Crippen LogP contribution in [0.4, 0.5) is 17.6 Å². The summed E-state index contributed by atoms with van der Waals surface area (Å²) in [5.74, 6) is 1.94. The largest absolute Gasteiger partial charge is 0.394 e. The Kier molecular flexibility index (Phi) is 4.57. The summed E-state index contributed by atoms with van der Waals surface area (Å²) in [6, 6.07) is 3.89. The highest BCUT2D eigenvalue weighted by Gasteiger charge is 2.15. The quantitative estimate of drug-likeness (QED) is 0.712. The van der Waals surface area contributed by atoms with Crippen LogP contribution in [0.1, 0.15) is 12.5 Å². The van der Waals surface area contributed by atoms with E-state index in [1.807, 2.05) is 37.9 Å². The zero-order valence-electron chi connectivity index (χ0n) is 14.1. The molecule has 0 aliphatic rings. The lowest BCUT2D eigenvalue weighted by Crippen LogP contribution is -2.19. The van der Waals surface area contributed by atoms with E-state index in [0.29, 0.717) is 24.1 Å². The molecule has 8 heteroatoms. The second kappa shape index (κ2) is 6.79. The van der Waals surface area contributed by atoms with Gasteiger partial charge in [-0.25, -0.2) is 9.97 Å². The van der Waals surface area contributed by atoms with Gasteiger partial charge in [0.1, 0.15) is 16.9 Å². The fourth-order valence-corrected chi connectivity index (χ4v) is 2.38. The van der Waals surface area contributed by atoms with Crippen LogP contribution in [-0.4, -0.2) is 50.0 Å². The van der Waals surface area contributed by atoms with Crippen LogP contribution in [0.5, 0.6) is 0 Å². The number of nitrogens with zero attached hydrogens (tertiary/aromatic N) is 6. The van der Waals surface area contributed by atoms with E-state index in [2.05, 4.69) is 25.4 Å². The maximum atomic E-state index is 9.25. The Hall–Kier alpha value is -2.74. The molecule has 0 unspecified atom stereocenters. The van der Waals surface area contributed by atoms with Crippen molar-refractivity contribution in [2.45, 2.75) is 20.4 Å². The van der Waals surface area contributed by atoms with E-state index >= 15 is 0 Å². The maximum Gasteiger partial charge on any atom is 0.227 e. The van der Waals surface area contributed by atoms with Crippen LogP contribution in [0.3, 0.4) is 0 Å². The van der Waals surface area contributed by atoms with Gasteiger partial charge in [0, 0.05) is 19.8 Å². The number of fused-ring (bicyclic) bond motifs is 1. The summed E-state index contributed by atoms with van der Waals surface area (Å²) >= 11 is 0. The first kappa shape index (κ1) is 16.1. The highest BCUT2D eigenvalue weighted by molar-refractivity contribution is 5.88. The van der Waals surface area contributed by atoms with E-state index in [-0.39, 0.29) is 6.61 Å². The average Bonchev–Trinajstić information content (AvgIpc) is 2.98. The minimum atomic E-state index is -0.00444. The lowest BCUT2D eigenvalue weighted by molar-refractivity contribution is 0.271. The second-order valence-electron chi connectivity index (χ2n) is 5.55. The number of anilines is 3. The number of hydrogen-bond acceptors (Lipinski definition) is 7.